The summed E-state index contributed by atoms with van der Waals surface area (Å²) in [7, 11) is 0. The van der Waals surface area contributed by atoms with Crippen LogP contribution in [0.5, 0.6) is 5.75 Å². The Labute approximate surface area is 95.8 Å². The Kier molecular flexibility index (Phi) is 3.71. The number of carboxylic acid groups (broad SMARTS) is 1. The van der Waals surface area contributed by atoms with Gasteiger partial charge >= 0.3 is 5.97 Å². The lowest BCUT2D eigenvalue weighted by Gasteiger charge is -2.10. The van der Waals surface area contributed by atoms with Crippen LogP contribution in [0.2, 0.25) is 0 Å². The summed E-state index contributed by atoms with van der Waals surface area (Å²) in [4.78, 5) is 10.6. The second-order valence-electron chi connectivity index (χ2n) is 3.38. The van der Waals surface area contributed by atoms with E-state index < -0.39 is 12.0 Å². The Morgan fingerprint density at radius 2 is 2.20 bits per heavy atom. The van der Waals surface area contributed by atoms with Crippen LogP contribution in [-0.4, -0.2) is 22.2 Å². The minimum Gasteiger partial charge on any atom is -0.507 e. The number of aryl methyl sites for hydroxylation is 1. The van der Waals surface area contributed by atoms with Crippen molar-refractivity contribution < 1.29 is 15.0 Å². The molecule has 82 valence electrons. The second-order valence-corrected chi connectivity index (χ2v) is 4.23. The van der Waals surface area contributed by atoms with Crippen molar-refractivity contribution in [3.63, 3.8) is 0 Å². The van der Waals surface area contributed by atoms with Gasteiger partial charge in [0.05, 0.1) is 4.47 Å². The highest BCUT2D eigenvalue weighted by molar-refractivity contribution is 9.10. The zero-order valence-corrected chi connectivity index (χ0v) is 9.78. The molecule has 1 aromatic rings. The molecule has 4 nitrogen and oxygen atoms in total. The number of hydrogen-bond acceptors (Lipinski definition) is 3. The Morgan fingerprint density at radius 3 is 2.73 bits per heavy atom. The summed E-state index contributed by atoms with van der Waals surface area (Å²) in [5, 5.41) is 18.0. The third kappa shape index (κ3) is 2.94. The summed E-state index contributed by atoms with van der Waals surface area (Å²) < 4.78 is 0.542. The van der Waals surface area contributed by atoms with E-state index in [1.807, 2.05) is 0 Å². The smallest absolute Gasteiger partial charge is 0.320 e. The second kappa shape index (κ2) is 4.63. The summed E-state index contributed by atoms with van der Waals surface area (Å²) in [6.45, 7) is 1.80. The molecule has 5 heteroatoms. The molecule has 1 rings (SSSR count). The highest BCUT2D eigenvalue weighted by Gasteiger charge is 2.14. The quantitative estimate of drug-likeness (QED) is 0.778. The molecule has 1 aromatic carbocycles. The van der Waals surface area contributed by atoms with Crippen molar-refractivity contribution >= 4 is 21.9 Å². The van der Waals surface area contributed by atoms with Crippen molar-refractivity contribution in [1.29, 1.82) is 0 Å². The average Bonchev–Trinajstić information content (AvgIpc) is 2.13. The number of phenols is 1. The van der Waals surface area contributed by atoms with Crippen LogP contribution in [0.1, 0.15) is 11.1 Å². The fourth-order valence-electron chi connectivity index (χ4n) is 1.25. The minimum absolute atomic E-state index is 0.139. The highest BCUT2D eigenvalue weighted by Crippen LogP contribution is 2.27. The van der Waals surface area contributed by atoms with Crippen molar-refractivity contribution in [1.82, 2.24) is 0 Å². The Balaban J connectivity index is 2.95. The molecule has 0 aliphatic heterocycles. The molecule has 1 atom stereocenters. The van der Waals surface area contributed by atoms with Crippen LogP contribution in [0.3, 0.4) is 0 Å². The van der Waals surface area contributed by atoms with Crippen LogP contribution in [0.25, 0.3) is 0 Å². The average molecular weight is 274 g/mol. The maximum atomic E-state index is 10.6. The Bertz CT molecular complexity index is 392. The minimum atomic E-state index is -1.03. The van der Waals surface area contributed by atoms with Gasteiger partial charge < -0.3 is 15.9 Å². The summed E-state index contributed by atoms with van der Waals surface area (Å²) in [5.41, 5.74) is 7.07. The van der Waals surface area contributed by atoms with Gasteiger partial charge in [-0.25, -0.2) is 0 Å². The predicted octanol–water partition coefficient (Wildman–Crippen LogP) is 1.42. The Morgan fingerprint density at radius 1 is 1.60 bits per heavy atom. The van der Waals surface area contributed by atoms with Crippen LogP contribution in [-0.2, 0) is 11.2 Å². The predicted molar refractivity (Wildman–Crippen MR) is 59.9 cm³/mol. The summed E-state index contributed by atoms with van der Waals surface area (Å²) in [5.74, 6) is -0.890. The van der Waals surface area contributed by atoms with Gasteiger partial charge in [-0.15, -0.1) is 0 Å². The molecule has 0 aliphatic carbocycles. The molecule has 0 aliphatic rings. The van der Waals surface area contributed by atoms with Crippen molar-refractivity contribution in [3.05, 3.63) is 27.7 Å². The summed E-state index contributed by atoms with van der Waals surface area (Å²) in [6.07, 6.45) is 0.250. The number of carbonyl (C=O) groups is 1. The van der Waals surface area contributed by atoms with E-state index in [0.29, 0.717) is 4.47 Å². The lowest BCUT2D eigenvalue weighted by molar-refractivity contribution is -0.138. The molecular weight excluding hydrogens is 262 g/mol. The number of halogens is 1. The number of benzene rings is 1. The van der Waals surface area contributed by atoms with Gasteiger partial charge in [0.15, 0.2) is 0 Å². The Hall–Kier alpha value is -1.07. The monoisotopic (exact) mass is 273 g/mol. The maximum absolute atomic E-state index is 10.6. The molecule has 1 unspecified atom stereocenters. The summed E-state index contributed by atoms with van der Waals surface area (Å²) >= 11 is 3.17. The van der Waals surface area contributed by atoms with Gasteiger partial charge in [-0.1, -0.05) is 0 Å². The van der Waals surface area contributed by atoms with E-state index in [9.17, 15) is 9.90 Å². The van der Waals surface area contributed by atoms with Crippen LogP contribution < -0.4 is 5.73 Å². The molecule has 0 radical (unpaired) electrons. The first-order chi connectivity index (χ1) is 6.91. The van der Waals surface area contributed by atoms with Crippen molar-refractivity contribution in [2.75, 3.05) is 0 Å². The first-order valence-electron chi connectivity index (χ1n) is 4.38. The fourth-order valence-corrected chi connectivity index (χ4v) is 1.64. The molecule has 15 heavy (non-hydrogen) atoms. The van der Waals surface area contributed by atoms with Gasteiger partial charge in [0.2, 0.25) is 0 Å². The van der Waals surface area contributed by atoms with Gasteiger partial charge in [0, 0.05) is 0 Å². The number of phenolic OH excluding ortho intramolecular Hbond substituents is 1. The van der Waals surface area contributed by atoms with Gasteiger partial charge in [-0.3, -0.25) is 4.79 Å². The molecular formula is C10H12BrNO3. The van der Waals surface area contributed by atoms with Gasteiger partial charge in [0.1, 0.15) is 11.8 Å². The van der Waals surface area contributed by atoms with Crippen LogP contribution in [0.4, 0.5) is 0 Å². The van der Waals surface area contributed by atoms with Gasteiger partial charge in [0.25, 0.3) is 0 Å². The number of aliphatic carboxylic acids is 1. The molecule has 0 spiro atoms. The third-order valence-corrected chi connectivity index (χ3v) is 2.80. The molecule has 0 saturated heterocycles. The van der Waals surface area contributed by atoms with E-state index >= 15 is 0 Å². The van der Waals surface area contributed by atoms with Crippen molar-refractivity contribution in [2.24, 2.45) is 5.73 Å². The first kappa shape index (κ1) is 12.0. The third-order valence-electron chi connectivity index (χ3n) is 2.16. The molecule has 0 bridgehead atoms. The molecule has 4 N–H and O–H groups in total. The lowest BCUT2D eigenvalue weighted by atomic mass is 10.0. The number of hydrogen-bond donors (Lipinski definition) is 3. The summed E-state index contributed by atoms with van der Waals surface area (Å²) in [6, 6.07) is 2.35. The molecule has 0 fully saturated rings. The zero-order chi connectivity index (χ0) is 11.6. The lowest BCUT2D eigenvalue weighted by Crippen LogP contribution is -2.32. The van der Waals surface area contributed by atoms with Crippen LogP contribution >= 0.6 is 15.9 Å². The van der Waals surface area contributed by atoms with E-state index in [1.165, 1.54) is 0 Å². The normalized spacial score (nSPS) is 12.5. The molecule has 0 aromatic heterocycles. The van der Waals surface area contributed by atoms with Gasteiger partial charge in [-0.2, -0.15) is 0 Å². The number of rotatable bonds is 3. The number of aromatic hydroxyl groups is 1. The van der Waals surface area contributed by atoms with E-state index in [2.05, 4.69) is 15.9 Å². The SMILES string of the molecule is Cc1cc(O)c(Br)cc1CC(N)C(=O)O. The number of nitrogens with two attached hydrogens (primary N) is 1. The van der Waals surface area contributed by atoms with E-state index in [4.69, 9.17) is 10.8 Å². The highest BCUT2D eigenvalue weighted by atomic mass is 79.9. The number of carboxylic acids is 1. The fraction of sp³-hybridized carbons (Fsp3) is 0.300. The molecule has 0 heterocycles. The van der Waals surface area contributed by atoms with Crippen molar-refractivity contribution in [2.45, 2.75) is 19.4 Å². The van der Waals surface area contributed by atoms with E-state index in [-0.39, 0.29) is 12.2 Å². The largest absolute Gasteiger partial charge is 0.507 e. The van der Waals surface area contributed by atoms with Gasteiger partial charge in [-0.05, 0) is 52.5 Å². The zero-order valence-electron chi connectivity index (χ0n) is 8.20. The van der Waals surface area contributed by atoms with Crippen LogP contribution in [0, 0.1) is 6.92 Å². The standard InChI is InChI=1S/C10H12BrNO3/c1-5-2-9(13)7(11)3-6(5)4-8(12)10(14)15/h2-3,8,13H,4,12H2,1H3,(H,14,15). The van der Waals surface area contributed by atoms with Crippen LogP contribution in [0.15, 0.2) is 16.6 Å². The topological polar surface area (TPSA) is 83.5 Å². The molecule has 0 saturated carbocycles. The van der Waals surface area contributed by atoms with E-state index in [0.717, 1.165) is 11.1 Å². The maximum Gasteiger partial charge on any atom is 0.320 e. The first-order valence-corrected chi connectivity index (χ1v) is 5.17. The van der Waals surface area contributed by atoms with Crippen molar-refractivity contribution in [3.8, 4) is 5.75 Å². The molecule has 0 amide bonds. The van der Waals surface area contributed by atoms with E-state index in [1.54, 1.807) is 19.1 Å².